The molecule has 3 rings (SSSR count). The van der Waals surface area contributed by atoms with Crippen LogP contribution >= 0.6 is 0 Å². The van der Waals surface area contributed by atoms with Crippen LogP contribution in [0.15, 0.2) is 10.9 Å². The molecule has 0 bridgehead atoms. The molecule has 0 aromatic carbocycles. The molecule has 1 fully saturated rings. The molecule has 3 unspecified atom stereocenters. The summed E-state index contributed by atoms with van der Waals surface area (Å²) in [4.78, 5) is 15.9. The SMILES string of the molecule is CCOC1CC(N)C1Nc1cc2n[nH]c(=O)n2c(C)n1. The maximum absolute atomic E-state index is 11.5. The van der Waals surface area contributed by atoms with Crippen LogP contribution in [-0.2, 0) is 4.74 Å². The van der Waals surface area contributed by atoms with Gasteiger partial charge in [-0.15, -0.1) is 0 Å². The van der Waals surface area contributed by atoms with Gasteiger partial charge >= 0.3 is 5.69 Å². The molecule has 8 nitrogen and oxygen atoms in total. The zero-order chi connectivity index (χ0) is 14.3. The van der Waals surface area contributed by atoms with Gasteiger partial charge in [0.05, 0.1) is 12.1 Å². The monoisotopic (exact) mass is 278 g/mol. The molecule has 20 heavy (non-hydrogen) atoms. The molecule has 0 aliphatic heterocycles. The Morgan fingerprint density at radius 3 is 3.15 bits per heavy atom. The third kappa shape index (κ3) is 2.06. The number of aryl methyl sites for hydroxylation is 1. The summed E-state index contributed by atoms with van der Waals surface area (Å²) in [5, 5.41) is 9.63. The number of nitrogens with one attached hydrogen (secondary N) is 2. The summed E-state index contributed by atoms with van der Waals surface area (Å²) in [5.41, 5.74) is 6.24. The molecule has 3 atom stereocenters. The maximum atomic E-state index is 11.5. The molecule has 2 aromatic heterocycles. The van der Waals surface area contributed by atoms with Crippen LogP contribution in [0.4, 0.5) is 5.82 Å². The van der Waals surface area contributed by atoms with Crippen LogP contribution in [0.5, 0.6) is 0 Å². The van der Waals surface area contributed by atoms with E-state index in [2.05, 4.69) is 20.5 Å². The van der Waals surface area contributed by atoms with Gasteiger partial charge in [-0.3, -0.25) is 0 Å². The number of rotatable bonds is 4. The van der Waals surface area contributed by atoms with Crippen LogP contribution < -0.4 is 16.7 Å². The van der Waals surface area contributed by atoms with Crippen molar-refractivity contribution in [2.24, 2.45) is 5.73 Å². The van der Waals surface area contributed by atoms with Crippen molar-refractivity contribution in [2.45, 2.75) is 38.5 Å². The van der Waals surface area contributed by atoms with E-state index < -0.39 is 0 Å². The third-order valence-electron chi connectivity index (χ3n) is 3.63. The number of hydrogen-bond donors (Lipinski definition) is 3. The van der Waals surface area contributed by atoms with Crippen molar-refractivity contribution in [3.05, 3.63) is 22.4 Å². The first-order valence-electron chi connectivity index (χ1n) is 6.68. The molecule has 1 aliphatic carbocycles. The molecular formula is C12H18N6O2. The first-order chi connectivity index (χ1) is 9.60. The lowest BCUT2D eigenvalue weighted by molar-refractivity contribution is -0.0127. The number of anilines is 1. The predicted octanol–water partition coefficient (Wildman–Crippen LogP) is -0.357. The average molecular weight is 278 g/mol. The smallest absolute Gasteiger partial charge is 0.349 e. The van der Waals surface area contributed by atoms with Gasteiger partial charge in [-0.05, 0) is 20.3 Å². The topological polar surface area (TPSA) is 110 Å². The van der Waals surface area contributed by atoms with Crippen molar-refractivity contribution >= 4 is 11.5 Å². The van der Waals surface area contributed by atoms with Crippen LogP contribution in [0.3, 0.4) is 0 Å². The summed E-state index contributed by atoms with van der Waals surface area (Å²) in [6, 6.07) is 1.81. The van der Waals surface area contributed by atoms with Gasteiger partial charge in [-0.25, -0.2) is 19.3 Å². The van der Waals surface area contributed by atoms with Crippen molar-refractivity contribution < 1.29 is 4.74 Å². The fraction of sp³-hybridized carbons (Fsp3) is 0.583. The van der Waals surface area contributed by atoms with E-state index in [0.717, 1.165) is 6.42 Å². The minimum atomic E-state index is -0.288. The van der Waals surface area contributed by atoms with E-state index in [4.69, 9.17) is 10.5 Å². The summed E-state index contributed by atoms with van der Waals surface area (Å²) < 4.78 is 7.03. The van der Waals surface area contributed by atoms with Gasteiger partial charge in [0.25, 0.3) is 0 Å². The van der Waals surface area contributed by atoms with Crippen molar-refractivity contribution in [2.75, 3.05) is 11.9 Å². The molecule has 0 spiro atoms. The number of nitrogens with two attached hydrogens (primary N) is 1. The normalized spacial score (nSPS) is 25.6. The second kappa shape index (κ2) is 4.88. The highest BCUT2D eigenvalue weighted by Gasteiger charge is 2.39. The number of hydrogen-bond acceptors (Lipinski definition) is 6. The molecule has 0 radical (unpaired) electrons. The number of ether oxygens (including phenoxy) is 1. The molecular weight excluding hydrogens is 260 g/mol. The molecule has 4 N–H and O–H groups in total. The summed E-state index contributed by atoms with van der Waals surface area (Å²) >= 11 is 0. The standard InChI is InChI=1S/C12H18N6O2/c1-3-20-8-4-7(13)11(8)15-9-5-10-16-17-12(19)18(10)6(2)14-9/h5,7-8,11,15H,3-4,13H2,1-2H3,(H,17,19). The quantitative estimate of drug-likeness (QED) is 0.704. The Bertz CT molecular complexity index is 676. The van der Waals surface area contributed by atoms with E-state index in [0.29, 0.717) is 23.9 Å². The largest absolute Gasteiger partial charge is 0.376 e. The highest BCUT2D eigenvalue weighted by molar-refractivity contribution is 5.50. The second-order valence-corrected chi connectivity index (χ2v) is 4.97. The van der Waals surface area contributed by atoms with Crippen molar-refractivity contribution in [3.8, 4) is 0 Å². The van der Waals surface area contributed by atoms with E-state index in [1.165, 1.54) is 4.40 Å². The molecule has 0 amide bonds. The first kappa shape index (κ1) is 13.1. The molecule has 8 heteroatoms. The molecule has 108 valence electrons. The first-order valence-corrected chi connectivity index (χ1v) is 6.68. The molecule has 1 aliphatic rings. The minimum Gasteiger partial charge on any atom is -0.376 e. The van der Waals surface area contributed by atoms with E-state index in [1.54, 1.807) is 13.0 Å². The molecule has 2 aromatic rings. The lowest BCUT2D eigenvalue weighted by atomic mass is 9.83. The zero-order valence-corrected chi connectivity index (χ0v) is 11.5. The minimum absolute atomic E-state index is 0.0370. The lowest BCUT2D eigenvalue weighted by Crippen LogP contribution is -2.60. The van der Waals surface area contributed by atoms with Crippen LogP contribution in [0.2, 0.25) is 0 Å². The average Bonchev–Trinajstić information content (AvgIpc) is 2.78. The predicted molar refractivity (Wildman–Crippen MR) is 73.8 cm³/mol. The van der Waals surface area contributed by atoms with Crippen LogP contribution in [0, 0.1) is 6.92 Å². The summed E-state index contributed by atoms with van der Waals surface area (Å²) in [6.07, 6.45) is 0.948. The van der Waals surface area contributed by atoms with Crippen molar-refractivity contribution in [3.63, 3.8) is 0 Å². The zero-order valence-electron chi connectivity index (χ0n) is 11.5. The Hall–Kier alpha value is -1.93. The van der Waals surface area contributed by atoms with E-state index in [9.17, 15) is 4.79 Å². The third-order valence-corrected chi connectivity index (χ3v) is 3.63. The van der Waals surface area contributed by atoms with Crippen LogP contribution in [0.25, 0.3) is 5.65 Å². The fourth-order valence-corrected chi connectivity index (χ4v) is 2.57. The highest BCUT2D eigenvalue weighted by atomic mass is 16.5. The number of fused-ring (bicyclic) bond motifs is 1. The maximum Gasteiger partial charge on any atom is 0.349 e. The Labute approximate surface area is 115 Å². The Kier molecular flexibility index (Phi) is 3.19. The Balaban J connectivity index is 1.86. The lowest BCUT2D eigenvalue weighted by Gasteiger charge is -2.42. The summed E-state index contributed by atoms with van der Waals surface area (Å²) in [5.74, 6) is 1.23. The van der Waals surface area contributed by atoms with Crippen molar-refractivity contribution in [1.82, 2.24) is 19.6 Å². The van der Waals surface area contributed by atoms with E-state index >= 15 is 0 Å². The van der Waals surface area contributed by atoms with Gasteiger partial charge in [-0.1, -0.05) is 0 Å². The van der Waals surface area contributed by atoms with Gasteiger partial charge in [0.2, 0.25) is 0 Å². The second-order valence-electron chi connectivity index (χ2n) is 4.97. The molecule has 0 saturated heterocycles. The van der Waals surface area contributed by atoms with Gasteiger partial charge in [0.15, 0.2) is 5.65 Å². The van der Waals surface area contributed by atoms with E-state index in [1.807, 2.05) is 6.92 Å². The van der Waals surface area contributed by atoms with Gasteiger partial charge in [0, 0.05) is 18.7 Å². The van der Waals surface area contributed by atoms with Gasteiger partial charge < -0.3 is 15.8 Å². The Morgan fingerprint density at radius 2 is 2.45 bits per heavy atom. The summed E-state index contributed by atoms with van der Waals surface area (Å²) in [7, 11) is 0. The van der Waals surface area contributed by atoms with Gasteiger partial charge in [0.1, 0.15) is 11.6 Å². The number of aromatic nitrogens is 4. The van der Waals surface area contributed by atoms with Crippen molar-refractivity contribution in [1.29, 1.82) is 0 Å². The Morgan fingerprint density at radius 1 is 1.65 bits per heavy atom. The van der Waals surface area contributed by atoms with Crippen LogP contribution in [-0.4, -0.2) is 44.4 Å². The molecule has 1 saturated carbocycles. The fourth-order valence-electron chi connectivity index (χ4n) is 2.57. The van der Waals surface area contributed by atoms with Gasteiger partial charge in [-0.2, -0.15) is 5.10 Å². The summed E-state index contributed by atoms with van der Waals surface area (Å²) in [6.45, 7) is 4.39. The molecule has 2 heterocycles. The van der Waals surface area contributed by atoms with Crippen LogP contribution in [0.1, 0.15) is 19.2 Å². The number of H-pyrrole nitrogens is 1. The highest BCUT2D eigenvalue weighted by Crippen LogP contribution is 2.26. The van der Waals surface area contributed by atoms with E-state index in [-0.39, 0.29) is 23.9 Å². The number of aromatic amines is 1. The number of nitrogens with zero attached hydrogens (tertiary/aromatic N) is 3.